The standard InChI is InChI=1S/C18H19NOS/c1-2-3-6-13-20-15-11-9-14(10-12-15)18-19-16-7-4-5-8-17(16)21-18/h4-5,7-12H,2-3,6,13H2,1H3. The van der Waals surface area contributed by atoms with E-state index in [1.54, 1.807) is 11.3 Å². The van der Waals surface area contributed by atoms with Gasteiger partial charge in [-0.2, -0.15) is 0 Å². The van der Waals surface area contributed by atoms with Gasteiger partial charge >= 0.3 is 0 Å². The molecule has 3 aromatic rings. The van der Waals surface area contributed by atoms with E-state index in [0.717, 1.165) is 34.9 Å². The van der Waals surface area contributed by atoms with E-state index in [1.165, 1.54) is 17.5 Å². The molecule has 0 bridgehead atoms. The Morgan fingerprint density at radius 3 is 2.57 bits per heavy atom. The summed E-state index contributed by atoms with van der Waals surface area (Å²) in [6.07, 6.45) is 3.57. The molecule has 0 saturated heterocycles. The molecule has 2 nitrogen and oxygen atoms in total. The largest absolute Gasteiger partial charge is 0.494 e. The molecular formula is C18H19NOS. The number of nitrogens with zero attached hydrogens (tertiary/aromatic N) is 1. The molecule has 0 aliphatic carbocycles. The van der Waals surface area contributed by atoms with Crippen LogP contribution in [0.25, 0.3) is 20.8 Å². The Morgan fingerprint density at radius 1 is 1.00 bits per heavy atom. The SMILES string of the molecule is CCCCCOc1ccc(-c2nc3ccccc3s2)cc1. The number of hydrogen-bond donors (Lipinski definition) is 0. The van der Waals surface area contributed by atoms with Gasteiger partial charge in [0.25, 0.3) is 0 Å². The van der Waals surface area contributed by atoms with E-state index in [2.05, 4.69) is 42.2 Å². The molecule has 0 spiro atoms. The first kappa shape index (κ1) is 14.1. The van der Waals surface area contributed by atoms with Crippen molar-refractivity contribution in [1.82, 2.24) is 4.98 Å². The summed E-state index contributed by atoms with van der Waals surface area (Å²) in [5.74, 6) is 0.941. The highest BCUT2D eigenvalue weighted by atomic mass is 32.1. The molecule has 0 saturated carbocycles. The first-order chi connectivity index (χ1) is 10.4. The number of unbranched alkanes of at least 4 members (excludes halogenated alkanes) is 2. The summed E-state index contributed by atoms with van der Waals surface area (Å²) in [5.41, 5.74) is 2.22. The molecule has 3 rings (SSSR count). The molecule has 3 heteroatoms. The van der Waals surface area contributed by atoms with Crippen LogP contribution in [-0.2, 0) is 0 Å². The zero-order valence-electron chi connectivity index (χ0n) is 12.2. The quantitative estimate of drug-likeness (QED) is 0.558. The van der Waals surface area contributed by atoms with Gasteiger partial charge in [-0.3, -0.25) is 0 Å². The second-order valence-electron chi connectivity index (χ2n) is 5.07. The monoisotopic (exact) mass is 297 g/mol. The van der Waals surface area contributed by atoms with Gasteiger partial charge < -0.3 is 4.74 Å². The predicted octanol–water partition coefficient (Wildman–Crippen LogP) is 5.53. The Kier molecular flexibility index (Phi) is 4.51. The maximum atomic E-state index is 5.74. The smallest absolute Gasteiger partial charge is 0.124 e. The fraction of sp³-hybridized carbons (Fsp3) is 0.278. The fourth-order valence-corrected chi connectivity index (χ4v) is 3.20. The van der Waals surface area contributed by atoms with E-state index in [4.69, 9.17) is 4.74 Å². The zero-order chi connectivity index (χ0) is 14.5. The van der Waals surface area contributed by atoms with Gasteiger partial charge in [0, 0.05) is 5.56 Å². The third-order valence-corrected chi connectivity index (χ3v) is 4.50. The Hall–Kier alpha value is -1.87. The van der Waals surface area contributed by atoms with Crippen LogP contribution < -0.4 is 4.74 Å². The molecule has 0 amide bonds. The van der Waals surface area contributed by atoms with Crippen LogP contribution in [0.5, 0.6) is 5.75 Å². The van der Waals surface area contributed by atoms with Crippen LogP contribution >= 0.6 is 11.3 Å². The van der Waals surface area contributed by atoms with Crippen molar-refractivity contribution >= 4 is 21.6 Å². The topological polar surface area (TPSA) is 22.1 Å². The van der Waals surface area contributed by atoms with Crippen molar-refractivity contribution in [3.63, 3.8) is 0 Å². The lowest BCUT2D eigenvalue weighted by Crippen LogP contribution is -1.96. The number of rotatable bonds is 6. The second kappa shape index (κ2) is 6.72. The Morgan fingerprint density at radius 2 is 1.81 bits per heavy atom. The highest BCUT2D eigenvalue weighted by Crippen LogP contribution is 2.30. The molecule has 0 radical (unpaired) electrons. The van der Waals surface area contributed by atoms with E-state index in [1.807, 2.05) is 18.2 Å². The predicted molar refractivity (Wildman–Crippen MR) is 90.1 cm³/mol. The van der Waals surface area contributed by atoms with Gasteiger partial charge in [-0.05, 0) is 42.8 Å². The molecule has 0 fully saturated rings. The van der Waals surface area contributed by atoms with Crippen molar-refractivity contribution in [2.45, 2.75) is 26.2 Å². The molecule has 0 aliphatic rings. The normalized spacial score (nSPS) is 10.9. The highest BCUT2D eigenvalue weighted by Gasteiger charge is 2.05. The number of hydrogen-bond acceptors (Lipinski definition) is 3. The van der Waals surface area contributed by atoms with Gasteiger partial charge in [0.2, 0.25) is 0 Å². The van der Waals surface area contributed by atoms with Crippen molar-refractivity contribution in [3.05, 3.63) is 48.5 Å². The summed E-state index contributed by atoms with van der Waals surface area (Å²) in [6, 6.07) is 16.5. The van der Waals surface area contributed by atoms with Crippen LogP contribution in [0, 0.1) is 0 Å². The zero-order valence-corrected chi connectivity index (χ0v) is 13.0. The molecular weight excluding hydrogens is 278 g/mol. The highest BCUT2D eigenvalue weighted by molar-refractivity contribution is 7.21. The first-order valence-electron chi connectivity index (χ1n) is 7.45. The van der Waals surface area contributed by atoms with E-state index >= 15 is 0 Å². The van der Waals surface area contributed by atoms with Gasteiger partial charge in [-0.15, -0.1) is 11.3 Å². The van der Waals surface area contributed by atoms with Gasteiger partial charge in [-0.25, -0.2) is 4.98 Å². The maximum absolute atomic E-state index is 5.74. The molecule has 2 aromatic carbocycles. The number of para-hydroxylation sites is 1. The minimum absolute atomic E-state index is 0.800. The molecule has 0 unspecified atom stereocenters. The molecule has 21 heavy (non-hydrogen) atoms. The molecule has 1 aromatic heterocycles. The van der Waals surface area contributed by atoms with Gasteiger partial charge in [-0.1, -0.05) is 31.9 Å². The number of ether oxygens (including phenoxy) is 1. The number of aromatic nitrogens is 1. The number of fused-ring (bicyclic) bond motifs is 1. The summed E-state index contributed by atoms with van der Waals surface area (Å²) in [4.78, 5) is 4.68. The van der Waals surface area contributed by atoms with E-state index in [-0.39, 0.29) is 0 Å². The van der Waals surface area contributed by atoms with Crippen LogP contribution in [0.4, 0.5) is 0 Å². The third-order valence-electron chi connectivity index (χ3n) is 3.41. The summed E-state index contributed by atoms with van der Waals surface area (Å²) >= 11 is 1.73. The van der Waals surface area contributed by atoms with Gasteiger partial charge in [0.05, 0.1) is 16.8 Å². The summed E-state index contributed by atoms with van der Waals surface area (Å²) < 4.78 is 6.97. The van der Waals surface area contributed by atoms with E-state index in [9.17, 15) is 0 Å². The Bertz CT molecular complexity index is 670. The molecule has 0 N–H and O–H groups in total. The molecule has 108 valence electrons. The first-order valence-corrected chi connectivity index (χ1v) is 8.27. The number of benzene rings is 2. The third kappa shape index (κ3) is 3.42. The van der Waals surface area contributed by atoms with Crippen LogP contribution in [-0.4, -0.2) is 11.6 Å². The minimum atomic E-state index is 0.800. The van der Waals surface area contributed by atoms with Crippen molar-refractivity contribution in [2.75, 3.05) is 6.61 Å². The van der Waals surface area contributed by atoms with Gasteiger partial charge in [0.15, 0.2) is 0 Å². The average molecular weight is 297 g/mol. The molecule has 1 heterocycles. The van der Waals surface area contributed by atoms with Crippen molar-refractivity contribution in [1.29, 1.82) is 0 Å². The second-order valence-corrected chi connectivity index (χ2v) is 6.10. The van der Waals surface area contributed by atoms with Crippen LogP contribution in [0.2, 0.25) is 0 Å². The Balaban J connectivity index is 1.71. The van der Waals surface area contributed by atoms with Crippen molar-refractivity contribution in [3.8, 4) is 16.3 Å². The Labute approximate surface area is 129 Å². The molecule has 0 atom stereocenters. The fourth-order valence-electron chi connectivity index (χ4n) is 2.23. The van der Waals surface area contributed by atoms with Gasteiger partial charge in [0.1, 0.15) is 10.8 Å². The van der Waals surface area contributed by atoms with Crippen LogP contribution in [0.15, 0.2) is 48.5 Å². The molecule has 0 aliphatic heterocycles. The van der Waals surface area contributed by atoms with Crippen LogP contribution in [0.3, 0.4) is 0 Å². The lowest BCUT2D eigenvalue weighted by Gasteiger charge is -2.05. The average Bonchev–Trinajstić information content (AvgIpc) is 2.96. The summed E-state index contributed by atoms with van der Waals surface area (Å²) in [6.45, 7) is 3.00. The van der Waals surface area contributed by atoms with E-state index < -0.39 is 0 Å². The van der Waals surface area contributed by atoms with Crippen molar-refractivity contribution in [2.24, 2.45) is 0 Å². The van der Waals surface area contributed by atoms with Crippen molar-refractivity contribution < 1.29 is 4.74 Å². The lowest BCUT2D eigenvalue weighted by molar-refractivity contribution is 0.306. The minimum Gasteiger partial charge on any atom is -0.494 e. The van der Waals surface area contributed by atoms with E-state index in [0.29, 0.717) is 0 Å². The summed E-state index contributed by atoms with van der Waals surface area (Å²) in [7, 11) is 0. The number of thiazole rings is 1. The lowest BCUT2D eigenvalue weighted by atomic mass is 10.2. The summed E-state index contributed by atoms with van der Waals surface area (Å²) in [5, 5.41) is 1.06. The maximum Gasteiger partial charge on any atom is 0.124 e. The van der Waals surface area contributed by atoms with Crippen LogP contribution in [0.1, 0.15) is 26.2 Å².